The van der Waals surface area contributed by atoms with Gasteiger partial charge in [-0.3, -0.25) is 14.5 Å². The van der Waals surface area contributed by atoms with Crippen molar-refractivity contribution in [2.45, 2.75) is 45.8 Å². The number of aliphatic hydroxyl groups is 1. The summed E-state index contributed by atoms with van der Waals surface area (Å²) in [4.78, 5) is 33.2. The zero-order valence-corrected chi connectivity index (χ0v) is 21.6. The number of rotatable bonds is 4. The summed E-state index contributed by atoms with van der Waals surface area (Å²) < 4.78 is 6.75. The number of anilines is 1. The van der Waals surface area contributed by atoms with Gasteiger partial charge >= 0.3 is 5.91 Å². The van der Waals surface area contributed by atoms with Crippen molar-refractivity contribution < 1.29 is 19.4 Å². The van der Waals surface area contributed by atoms with Crippen molar-refractivity contribution in [2.24, 2.45) is 0 Å². The zero-order chi connectivity index (χ0) is 25.8. The number of aryl methyl sites for hydroxylation is 2. The molecule has 1 N–H and O–H groups in total. The van der Waals surface area contributed by atoms with E-state index in [9.17, 15) is 14.7 Å². The van der Waals surface area contributed by atoms with Gasteiger partial charge in [-0.25, -0.2) is 4.98 Å². The Bertz CT molecular complexity index is 1620. The Balaban J connectivity index is 1.53. The van der Waals surface area contributed by atoms with Crippen LogP contribution in [0.1, 0.15) is 47.7 Å². The maximum Gasteiger partial charge on any atom is 0.301 e. The van der Waals surface area contributed by atoms with Crippen LogP contribution in [0.25, 0.3) is 16.0 Å². The Morgan fingerprint density at radius 3 is 2.76 bits per heavy atom. The van der Waals surface area contributed by atoms with Crippen molar-refractivity contribution in [1.29, 1.82) is 0 Å². The first-order valence-electron chi connectivity index (χ1n) is 12.4. The van der Waals surface area contributed by atoms with Crippen molar-refractivity contribution in [3.8, 4) is 5.75 Å². The number of carbonyl (C=O) groups is 2. The van der Waals surface area contributed by atoms with Crippen molar-refractivity contribution in [1.82, 2.24) is 4.98 Å². The molecule has 1 fully saturated rings. The number of aromatic nitrogens is 1. The van der Waals surface area contributed by atoms with Crippen LogP contribution < -0.4 is 9.64 Å². The maximum atomic E-state index is 13.5. The van der Waals surface area contributed by atoms with Crippen molar-refractivity contribution >= 4 is 44.1 Å². The lowest BCUT2D eigenvalue weighted by Gasteiger charge is -2.23. The minimum Gasteiger partial charge on any atom is -0.507 e. The molecule has 0 bridgehead atoms. The fraction of sp³-hybridized carbons (Fsp3) is 0.233. The highest BCUT2D eigenvalue weighted by atomic mass is 32.1. The molecule has 3 heterocycles. The third-order valence-electron chi connectivity index (χ3n) is 7.03. The van der Waals surface area contributed by atoms with E-state index in [1.54, 1.807) is 6.07 Å². The molecule has 0 radical (unpaired) electrons. The van der Waals surface area contributed by atoms with Gasteiger partial charge in [-0.05, 0) is 67.3 Å². The van der Waals surface area contributed by atoms with E-state index in [4.69, 9.17) is 9.72 Å². The first-order chi connectivity index (χ1) is 17.8. The zero-order valence-electron chi connectivity index (χ0n) is 20.8. The van der Waals surface area contributed by atoms with Crippen LogP contribution in [0.4, 0.5) is 5.13 Å². The number of ether oxygens (including phenoxy) is 1. The normalized spacial score (nSPS) is 20.5. The smallest absolute Gasteiger partial charge is 0.301 e. The minimum atomic E-state index is -0.797. The Labute approximate surface area is 218 Å². The lowest BCUT2D eigenvalue weighted by Crippen LogP contribution is -2.29. The van der Waals surface area contributed by atoms with Crippen LogP contribution in [0.15, 0.2) is 66.2 Å². The molecule has 186 valence electrons. The van der Waals surface area contributed by atoms with Gasteiger partial charge in [0, 0.05) is 12.0 Å². The quantitative estimate of drug-likeness (QED) is 0.203. The molecule has 6 nitrogen and oxygen atoms in total. The van der Waals surface area contributed by atoms with Gasteiger partial charge in [-0.15, -0.1) is 0 Å². The van der Waals surface area contributed by atoms with Gasteiger partial charge in [0.05, 0.1) is 21.8 Å². The lowest BCUT2D eigenvalue weighted by atomic mass is 9.94. The molecule has 0 aliphatic carbocycles. The molecule has 4 aromatic rings. The van der Waals surface area contributed by atoms with Gasteiger partial charge in [0.1, 0.15) is 17.6 Å². The van der Waals surface area contributed by atoms with Crippen molar-refractivity contribution in [3.63, 3.8) is 0 Å². The molecule has 37 heavy (non-hydrogen) atoms. The predicted octanol–water partition coefficient (Wildman–Crippen LogP) is 6.12. The van der Waals surface area contributed by atoms with E-state index in [-0.39, 0.29) is 17.4 Å². The Hall–Kier alpha value is -3.97. The lowest BCUT2D eigenvalue weighted by molar-refractivity contribution is -0.132. The number of hydrogen-bond donors (Lipinski definition) is 1. The van der Waals surface area contributed by atoms with E-state index >= 15 is 0 Å². The molecule has 2 atom stereocenters. The molecule has 0 saturated carbocycles. The minimum absolute atomic E-state index is 0.0533. The van der Waals surface area contributed by atoms with Gasteiger partial charge in [0.15, 0.2) is 5.13 Å². The van der Waals surface area contributed by atoms with Gasteiger partial charge in [-0.2, -0.15) is 0 Å². The average molecular weight is 511 g/mol. The second-order valence-corrected chi connectivity index (χ2v) is 10.7. The number of hydrogen-bond acceptors (Lipinski definition) is 6. The van der Waals surface area contributed by atoms with Gasteiger partial charge < -0.3 is 9.84 Å². The van der Waals surface area contributed by atoms with Crippen LogP contribution >= 0.6 is 11.3 Å². The highest BCUT2D eigenvalue weighted by Gasteiger charge is 2.48. The first-order valence-corrected chi connectivity index (χ1v) is 13.2. The third kappa shape index (κ3) is 3.90. The Morgan fingerprint density at radius 1 is 1.14 bits per heavy atom. The molecule has 3 aromatic carbocycles. The molecular weight excluding hydrogens is 484 g/mol. The maximum absolute atomic E-state index is 13.5. The number of ketones is 1. The van der Waals surface area contributed by atoms with Crippen LogP contribution in [0.3, 0.4) is 0 Å². The number of aliphatic hydroxyl groups excluding tert-OH is 1. The van der Waals surface area contributed by atoms with Crippen molar-refractivity contribution in [3.05, 3.63) is 94.1 Å². The summed E-state index contributed by atoms with van der Waals surface area (Å²) in [5.41, 5.74) is 5.21. The second-order valence-electron chi connectivity index (χ2n) is 9.69. The number of Topliss-reactive ketones (excluding diaryl/α,β-unsaturated/α-hetero) is 1. The number of carbonyl (C=O) groups excluding carboxylic acids is 2. The average Bonchev–Trinajstić information content (AvgIpc) is 3.55. The molecule has 2 aliphatic heterocycles. The summed E-state index contributed by atoms with van der Waals surface area (Å²) in [5.74, 6) is -0.826. The van der Waals surface area contributed by atoms with Gasteiger partial charge in [0.25, 0.3) is 5.78 Å². The molecule has 1 saturated heterocycles. The molecule has 1 aromatic heterocycles. The topological polar surface area (TPSA) is 79.7 Å². The van der Waals surface area contributed by atoms with E-state index in [0.717, 1.165) is 45.5 Å². The van der Waals surface area contributed by atoms with Crippen LogP contribution in [0.2, 0.25) is 0 Å². The summed E-state index contributed by atoms with van der Waals surface area (Å²) in [6.45, 7) is 6.04. The fourth-order valence-corrected chi connectivity index (χ4v) is 6.25. The van der Waals surface area contributed by atoms with Gasteiger partial charge in [-0.1, -0.05) is 54.2 Å². The van der Waals surface area contributed by atoms with E-state index in [1.807, 2.05) is 62.4 Å². The molecule has 7 heteroatoms. The standard InChI is InChI=1S/C30H26N2O4S/c1-4-18-8-10-22-24(14-18)37-30(31-22)32-26(19-7-5-6-16(2)12-19)25(28(34)29(32)35)27(33)20-9-11-23-21(15-20)13-17(3)36-23/h5-12,14-15,17,26,33H,4,13H2,1-3H3/b27-25+. The van der Waals surface area contributed by atoms with E-state index < -0.39 is 17.7 Å². The summed E-state index contributed by atoms with van der Waals surface area (Å²) in [7, 11) is 0. The highest BCUT2D eigenvalue weighted by Crippen LogP contribution is 2.45. The first kappa shape index (κ1) is 23.4. The summed E-state index contributed by atoms with van der Waals surface area (Å²) in [6, 6.07) is 18.3. The van der Waals surface area contributed by atoms with E-state index in [1.165, 1.54) is 21.8 Å². The SMILES string of the molecule is CCc1ccc2nc(N3C(=O)C(=O)/C(=C(/O)c4ccc5c(c4)CC(C)O5)C3c3cccc(C)c3)sc2c1. The predicted molar refractivity (Wildman–Crippen MR) is 145 cm³/mol. The number of thiazole rings is 1. The number of amides is 1. The summed E-state index contributed by atoms with van der Waals surface area (Å²) in [5, 5.41) is 11.9. The number of fused-ring (bicyclic) bond motifs is 2. The monoisotopic (exact) mass is 510 g/mol. The molecular formula is C30H26N2O4S. The van der Waals surface area contributed by atoms with Crippen LogP contribution in [0, 0.1) is 6.92 Å². The third-order valence-corrected chi connectivity index (χ3v) is 8.05. The molecule has 2 unspecified atom stereocenters. The Kier molecular flexibility index (Phi) is 5.60. The molecule has 6 rings (SSSR count). The number of benzene rings is 3. The molecule has 1 amide bonds. The number of nitrogens with zero attached hydrogens (tertiary/aromatic N) is 2. The highest BCUT2D eigenvalue weighted by molar-refractivity contribution is 7.22. The van der Waals surface area contributed by atoms with E-state index in [0.29, 0.717) is 10.7 Å². The van der Waals surface area contributed by atoms with Gasteiger partial charge in [0.2, 0.25) is 0 Å². The van der Waals surface area contributed by atoms with Crippen LogP contribution in [-0.4, -0.2) is 27.9 Å². The second kappa shape index (κ2) is 8.85. The van der Waals surface area contributed by atoms with Crippen molar-refractivity contribution in [2.75, 3.05) is 4.90 Å². The molecule has 2 aliphatic rings. The van der Waals surface area contributed by atoms with Crippen LogP contribution in [0.5, 0.6) is 5.75 Å². The Morgan fingerprint density at radius 2 is 1.97 bits per heavy atom. The summed E-state index contributed by atoms with van der Waals surface area (Å²) >= 11 is 1.38. The fourth-order valence-electron chi connectivity index (χ4n) is 5.19. The summed E-state index contributed by atoms with van der Waals surface area (Å²) in [6.07, 6.45) is 1.66. The largest absolute Gasteiger partial charge is 0.507 e. The molecule has 0 spiro atoms. The van der Waals surface area contributed by atoms with E-state index in [2.05, 4.69) is 13.0 Å². The van der Waals surface area contributed by atoms with Crippen LogP contribution in [-0.2, 0) is 22.4 Å².